The third-order valence-corrected chi connectivity index (χ3v) is 5.14. The SMILES string of the molecule is CCCCn1nc(C(=O)NCCS(=O)(=O)NCc2ccccc2)ccc1=O. The van der Waals surface area contributed by atoms with Crippen molar-refractivity contribution in [1.29, 1.82) is 0 Å². The number of hydrogen-bond acceptors (Lipinski definition) is 5. The fraction of sp³-hybridized carbons (Fsp3) is 0.389. The lowest BCUT2D eigenvalue weighted by molar-refractivity contribution is 0.0948. The van der Waals surface area contributed by atoms with E-state index in [0.717, 1.165) is 18.4 Å². The van der Waals surface area contributed by atoms with Crippen LogP contribution < -0.4 is 15.6 Å². The van der Waals surface area contributed by atoms with Crippen molar-refractivity contribution >= 4 is 15.9 Å². The molecular weight excluding hydrogens is 368 g/mol. The molecule has 146 valence electrons. The van der Waals surface area contributed by atoms with E-state index in [4.69, 9.17) is 0 Å². The molecule has 0 atom stereocenters. The lowest BCUT2D eigenvalue weighted by Crippen LogP contribution is -2.35. The Hall–Kier alpha value is -2.52. The van der Waals surface area contributed by atoms with Crippen molar-refractivity contribution in [3.63, 3.8) is 0 Å². The minimum absolute atomic E-state index is 0.0568. The Labute approximate surface area is 158 Å². The number of aromatic nitrogens is 2. The minimum atomic E-state index is -3.52. The quantitative estimate of drug-likeness (QED) is 0.624. The highest BCUT2D eigenvalue weighted by Gasteiger charge is 2.13. The maximum atomic E-state index is 12.1. The number of aryl methyl sites for hydroxylation is 1. The van der Waals surface area contributed by atoms with Crippen LogP contribution in [0.5, 0.6) is 0 Å². The summed E-state index contributed by atoms with van der Waals surface area (Å²) in [5, 5.41) is 6.55. The predicted molar refractivity (Wildman–Crippen MR) is 103 cm³/mol. The summed E-state index contributed by atoms with van der Waals surface area (Å²) in [6.07, 6.45) is 1.68. The van der Waals surface area contributed by atoms with Crippen LogP contribution in [0.4, 0.5) is 0 Å². The summed E-state index contributed by atoms with van der Waals surface area (Å²) in [6, 6.07) is 11.8. The molecule has 0 radical (unpaired) electrons. The molecule has 0 aliphatic heterocycles. The first-order valence-corrected chi connectivity index (χ1v) is 10.4. The third-order valence-electron chi connectivity index (χ3n) is 3.82. The molecule has 2 aromatic rings. The number of rotatable bonds is 10. The molecule has 0 aliphatic carbocycles. The van der Waals surface area contributed by atoms with Gasteiger partial charge in [0.05, 0.1) is 5.75 Å². The van der Waals surface area contributed by atoms with Gasteiger partial charge in [0.2, 0.25) is 10.0 Å². The Bertz CT molecular complexity index is 910. The van der Waals surface area contributed by atoms with Crippen LogP contribution >= 0.6 is 0 Å². The van der Waals surface area contributed by atoms with Gasteiger partial charge in [-0.15, -0.1) is 0 Å². The van der Waals surface area contributed by atoms with Crippen molar-refractivity contribution in [3.8, 4) is 0 Å². The standard InChI is InChI=1S/C18H24N4O4S/c1-2-3-12-22-17(23)10-9-16(21-22)18(24)19-11-13-27(25,26)20-14-15-7-5-4-6-8-15/h4-10,20H,2-3,11-14H2,1H3,(H,19,24). The molecule has 0 unspecified atom stereocenters. The highest BCUT2D eigenvalue weighted by molar-refractivity contribution is 7.89. The number of benzene rings is 1. The van der Waals surface area contributed by atoms with Crippen LogP contribution in [0.3, 0.4) is 0 Å². The molecule has 1 heterocycles. The van der Waals surface area contributed by atoms with Crippen molar-refractivity contribution in [1.82, 2.24) is 19.8 Å². The van der Waals surface area contributed by atoms with Crippen LogP contribution in [0.1, 0.15) is 35.8 Å². The number of sulfonamides is 1. The number of nitrogens with one attached hydrogen (secondary N) is 2. The molecule has 0 aliphatic rings. The molecule has 9 heteroatoms. The molecule has 27 heavy (non-hydrogen) atoms. The Morgan fingerprint density at radius 2 is 1.89 bits per heavy atom. The van der Waals surface area contributed by atoms with E-state index in [9.17, 15) is 18.0 Å². The number of carbonyl (C=O) groups is 1. The van der Waals surface area contributed by atoms with Crippen LogP contribution in [0.15, 0.2) is 47.3 Å². The fourth-order valence-corrected chi connectivity index (χ4v) is 3.19. The van der Waals surface area contributed by atoms with E-state index >= 15 is 0 Å². The summed E-state index contributed by atoms with van der Waals surface area (Å²) in [6.45, 7) is 2.57. The van der Waals surface area contributed by atoms with Gasteiger partial charge >= 0.3 is 0 Å². The zero-order chi connectivity index (χ0) is 19.7. The van der Waals surface area contributed by atoms with Gasteiger partial charge in [-0.25, -0.2) is 17.8 Å². The predicted octanol–water partition coefficient (Wildman–Crippen LogP) is 0.893. The van der Waals surface area contributed by atoms with Gasteiger partial charge in [0, 0.05) is 25.7 Å². The molecule has 1 aromatic heterocycles. The second-order valence-electron chi connectivity index (χ2n) is 6.01. The van der Waals surface area contributed by atoms with Gasteiger partial charge in [-0.05, 0) is 18.1 Å². The largest absolute Gasteiger partial charge is 0.350 e. The van der Waals surface area contributed by atoms with E-state index in [1.54, 1.807) is 0 Å². The van der Waals surface area contributed by atoms with Crippen molar-refractivity contribution in [2.24, 2.45) is 0 Å². The normalized spacial score (nSPS) is 11.3. The van der Waals surface area contributed by atoms with E-state index < -0.39 is 15.9 Å². The highest BCUT2D eigenvalue weighted by Crippen LogP contribution is 1.99. The van der Waals surface area contributed by atoms with E-state index in [1.807, 2.05) is 37.3 Å². The molecule has 1 aromatic carbocycles. The maximum absolute atomic E-state index is 12.1. The Balaban J connectivity index is 1.85. The topological polar surface area (TPSA) is 110 Å². The van der Waals surface area contributed by atoms with Crippen LogP contribution in [0.2, 0.25) is 0 Å². The van der Waals surface area contributed by atoms with Crippen LogP contribution in [-0.4, -0.2) is 36.4 Å². The number of carbonyl (C=O) groups excluding carboxylic acids is 1. The van der Waals surface area contributed by atoms with E-state index in [2.05, 4.69) is 15.1 Å². The average molecular weight is 392 g/mol. The molecule has 0 saturated carbocycles. The van der Waals surface area contributed by atoms with Gasteiger partial charge in [0.15, 0.2) is 0 Å². The molecule has 1 amide bonds. The minimum Gasteiger partial charge on any atom is -0.350 e. The van der Waals surface area contributed by atoms with Gasteiger partial charge in [-0.2, -0.15) is 5.10 Å². The number of nitrogens with zero attached hydrogens (tertiary/aromatic N) is 2. The Morgan fingerprint density at radius 3 is 2.59 bits per heavy atom. The van der Waals surface area contributed by atoms with Gasteiger partial charge in [-0.3, -0.25) is 9.59 Å². The lowest BCUT2D eigenvalue weighted by Gasteiger charge is -2.09. The van der Waals surface area contributed by atoms with Crippen LogP contribution in [0, 0.1) is 0 Å². The smallest absolute Gasteiger partial charge is 0.271 e. The Kier molecular flexibility index (Phi) is 7.68. The fourth-order valence-electron chi connectivity index (χ4n) is 2.29. The monoisotopic (exact) mass is 392 g/mol. The first-order chi connectivity index (χ1) is 12.9. The molecule has 8 nitrogen and oxygen atoms in total. The first-order valence-electron chi connectivity index (χ1n) is 8.79. The number of hydrogen-bond donors (Lipinski definition) is 2. The molecule has 2 rings (SSSR count). The summed E-state index contributed by atoms with van der Waals surface area (Å²) in [7, 11) is -3.52. The highest BCUT2D eigenvalue weighted by atomic mass is 32.2. The molecule has 0 fully saturated rings. The Morgan fingerprint density at radius 1 is 1.15 bits per heavy atom. The van der Waals surface area contributed by atoms with Gasteiger partial charge in [0.1, 0.15) is 5.69 Å². The molecule has 0 bridgehead atoms. The third kappa shape index (κ3) is 6.95. The average Bonchev–Trinajstić information content (AvgIpc) is 2.66. The molecule has 0 saturated heterocycles. The summed E-state index contributed by atoms with van der Waals surface area (Å²) >= 11 is 0. The molecular formula is C18H24N4O4S. The second kappa shape index (κ2) is 9.98. The van der Waals surface area contributed by atoms with Crippen molar-refractivity contribution in [3.05, 3.63) is 64.1 Å². The summed E-state index contributed by atoms with van der Waals surface area (Å²) < 4.78 is 27.8. The lowest BCUT2D eigenvalue weighted by atomic mass is 10.2. The van der Waals surface area contributed by atoms with Crippen molar-refractivity contribution in [2.75, 3.05) is 12.3 Å². The summed E-state index contributed by atoms with van der Waals surface area (Å²) in [5.41, 5.74) is 0.664. The van der Waals surface area contributed by atoms with E-state index in [-0.39, 0.29) is 30.1 Å². The van der Waals surface area contributed by atoms with Crippen LogP contribution in [0.25, 0.3) is 0 Å². The summed E-state index contributed by atoms with van der Waals surface area (Å²) in [5.74, 6) is -0.764. The molecule has 0 spiro atoms. The zero-order valence-electron chi connectivity index (χ0n) is 15.2. The van der Waals surface area contributed by atoms with Crippen molar-refractivity contribution < 1.29 is 13.2 Å². The van der Waals surface area contributed by atoms with E-state index in [1.165, 1.54) is 16.8 Å². The van der Waals surface area contributed by atoms with E-state index in [0.29, 0.717) is 6.54 Å². The van der Waals surface area contributed by atoms with Gasteiger partial charge in [0.25, 0.3) is 11.5 Å². The summed E-state index contributed by atoms with van der Waals surface area (Å²) in [4.78, 5) is 23.9. The zero-order valence-corrected chi connectivity index (χ0v) is 16.0. The van der Waals surface area contributed by atoms with Crippen molar-refractivity contribution in [2.45, 2.75) is 32.9 Å². The first kappa shape index (κ1) is 20.8. The molecule has 2 N–H and O–H groups in total. The number of unbranched alkanes of at least 4 members (excludes halogenated alkanes) is 1. The van der Waals surface area contributed by atoms with Crippen LogP contribution in [-0.2, 0) is 23.1 Å². The van der Waals surface area contributed by atoms with Gasteiger partial charge in [-0.1, -0.05) is 43.7 Å². The number of amides is 1. The van der Waals surface area contributed by atoms with Gasteiger partial charge < -0.3 is 5.32 Å². The second-order valence-corrected chi connectivity index (χ2v) is 7.94. The maximum Gasteiger partial charge on any atom is 0.271 e.